The Morgan fingerprint density at radius 3 is 1.27 bits per heavy atom. The smallest absolute Gasteiger partial charge is 0.235 e. The van der Waals surface area contributed by atoms with E-state index in [1.54, 1.807) is 37.7 Å². The second-order valence-electron chi connectivity index (χ2n) is 9.75. The van der Waals surface area contributed by atoms with E-state index in [-0.39, 0.29) is 53.0 Å². The van der Waals surface area contributed by atoms with E-state index in [4.69, 9.17) is 19.7 Å². The van der Waals surface area contributed by atoms with Crippen molar-refractivity contribution in [2.24, 2.45) is 10.8 Å². The molecular weight excluding hydrogens is 531 g/mol. The van der Waals surface area contributed by atoms with E-state index in [0.29, 0.717) is 65.1 Å². The fourth-order valence-corrected chi connectivity index (χ4v) is 3.35. The number of rotatable bonds is 10. The van der Waals surface area contributed by atoms with E-state index in [2.05, 4.69) is 10.9 Å². The van der Waals surface area contributed by atoms with Crippen LogP contribution in [0.3, 0.4) is 0 Å². The number of ether oxygens (including phenoxy) is 2. The molecule has 2 aliphatic heterocycles. The molecule has 0 aromatic carbocycles. The number of carbonyl (C=O) groups excluding carboxylic acids is 4. The second-order valence-corrected chi connectivity index (χ2v) is 9.75. The third-order valence-corrected chi connectivity index (χ3v) is 5.58. The van der Waals surface area contributed by atoms with Gasteiger partial charge in [-0.2, -0.15) is 0 Å². The number of morpholine rings is 2. The normalized spacial score (nSPS) is 17.4. The van der Waals surface area contributed by atoms with Crippen LogP contribution in [0.5, 0.6) is 0 Å². The molecule has 2 aliphatic rings. The predicted octanol–water partition coefficient (Wildman–Crippen LogP) is 0.811. The van der Waals surface area contributed by atoms with Crippen molar-refractivity contribution in [2.45, 2.75) is 40.5 Å². The largest absolute Gasteiger partial charge is 0.515 e. The van der Waals surface area contributed by atoms with E-state index >= 15 is 0 Å². The van der Waals surface area contributed by atoms with Gasteiger partial charge >= 0.3 is 0 Å². The molecule has 2 rings (SSSR count). The zero-order chi connectivity index (χ0) is 27.2. The van der Waals surface area contributed by atoms with Crippen LogP contribution in [0.25, 0.3) is 0 Å². The van der Waals surface area contributed by atoms with Crippen molar-refractivity contribution in [1.29, 1.82) is 0 Å². The summed E-state index contributed by atoms with van der Waals surface area (Å²) in [4.78, 5) is 46.9. The fourth-order valence-electron chi connectivity index (χ4n) is 3.35. The number of amides is 2. The molecule has 0 spiro atoms. The zero-order valence-corrected chi connectivity index (χ0v) is 23.0. The van der Waals surface area contributed by atoms with Crippen LogP contribution in [0.15, 0.2) is 24.7 Å². The maximum atomic E-state index is 11.8. The van der Waals surface area contributed by atoms with Gasteiger partial charge in [0.15, 0.2) is 11.6 Å². The number of nitrogens with zero attached hydrogens (tertiary/aromatic N) is 2. The Bertz CT molecular complexity index is 739. The minimum absolute atomic E-state index is 0. The van der Waals surface area contributed by atoms with Gasteiger partial charge in [-0.3, -0.25) is 30.0 Å². The van der Waals surface area contributed by atoms with E-state index in [1.165, 1.54) is 0 Å². The van der Waals surface area contributed by atoms with Gasteiger partial charge in [-0.05, 0) is 0 Å². The van der Waals surface area contributed by atoms with Crippen LogP contribution < -0.4 is 10.9 Å². The summed E-state index contributed by atoms with van der Waals surface area (Å²) in [5.41, 5.74) is 3.85. The van der Waals surface area contributed by atoms with Crippen LogP contribution in [0.4, 0.5) is 0 Å². The minimum atomic E-state index is -0.824. The summed E-state index contributed by atoms with van der Waals surface area (Å²) in [5.74, 6) is -0.965. The number of aliphatic hydroxyl groups excluding tert-OH is 2. The van der Waals surface area contributed by atoms with Crippen molar-refractivity contribution in [3.05, 3.63) is 24.7 Å². The Labute approximate surface area is 228 Å². The molecule has 13 heteroatoms. The first kappa shape index (κ1) is 34.7. The van der Waals surface area contributed by atoms with Gasteiger partial charge in [-0.15, -0.1) is 0 Å². The molecule has 2 heterocycles. The van der Waals surface area contributed by atoms with Gasteiger partial charge in [0.1, 0.15) is 0 Å². The van der Waals surface area contributed by atoms with Crippen molar-refractivity contribution in [3.8, 4) is 0 Å². The minimum Gasteiger partial charge on any atom is -0.515 e. The third kappa shape index (κ3) is 13.7. The van der Waals surface area contributed by atoms with Gasteiger partial charge < -0.3 is 19.7 Å². The van der Waals surface area contributed by atoms with Gasteiger partial charge in [-0.1, -0.05) is 27.7 Å². The molecule has 0 bridgehead atoms. The molecule has 2 amide bonds. The summed E-state index contributed by atoms with van der Waals surface area (Å²) in [6, 6.07) is 0. The number of hydrogen-bond donors (Lipinski definition) is 4. The van der Waals surface area contributed by atoms with Gasteiger partial charge in [0.2, 0.25) is 11.8 Å². The molecule has 0 saturated carbocycles. The number of ketones is 2. The van der Waals surface area contributed by atoms with Crippen LogP contribution in [-0.4, -0.2) is 96.2 Å². The van der Waals surface area contributed by atoms with Crippen LogP contribution in [0.1, 0.15) is 40.5 Å². The molecule has 213 valence electrons. The average Bonchev–Trinajstić information content (AvgIpc) is 2.80. The van der Waals surface area contributed by atoms with Gasteiger partial charge in [0, 0.05) is 78.8 Å². The number of hydrogen-bond acceptors (Lipinski definition) is 10. The Hall–Kier alpha value is -2.29. The molecule has 0 aliphatic carbocycles. The van der Waals surface area contributed by atoms with Crippen molar-refractivity contribution >= 4 is 23.4 Å². The monoisotopic (exact) mass is 571 g/mol. The number of nitrogens with one attached hydrogen (secondary N) is 2. The van der Waals surface area contributed by atoms with Crippen molar-refractivity contribution < 1.29 is 55.6 Å². The first-order valence-electron chi connectivity index (χ1n) is 11.9. The van der Waals surface area contributed by atoms with Gasteiger partial charge in [0.25, 0.3) is 0 Å². The molecule has 0 aromatic rings. The Morgan fingerprint density at radius 1 is 0.703 bits per heavy atom. The molecule has 0 aromatic heterocycles. The van der Waals surface area contributed by atoms with Crippen LogP contribution in [0, 0.1) is 10.8 Å². The topological polar surface area (TPSA) is 158 Å². The van der Waals surface area contributed by atoms with Crippen LogP contribution in [0.2, 0.25) is 0 Å². The summed E-state index contributed by atoms with van der Waals surface area (Å²) in [6.45, 7) is 11.7. The predicted molar refractivity (Wildman–Crippen MR) is 131 cm³/mol. The molecule has 2 fully saturated rings. The van der Waals surface area contributed by atoms with E-state index in [1.807, 2.05) is 0 Å². The van der Waals surface area contributed by atoms with Crippen LogP contribution in [-0.2, 0) is 45.4 Å². The molecule has 2 saturated heterocycles. The Kier molecular flexibility index (Phi) is 16.2. The first-order valence-corrected chi connectivity index (χ1v) is 11.9. The van der Waals surface area contributed by atoms with Gasteiger partial charge in [0.05, 0.1) is 39.0 Å². The number of aliphatic hydroxyl groups is 2. The van der Waals surface area contributed by atoms with Crippen LogP contribution >= 0.6 is 0 Å². The van der Waals surface area contributed by atoms with E-state index in [0.717, 1.165) is 12.2 Å². The Balaban J connectivity index is 0.000000682. The standard InChI is InChI=1S/2C12H20N2O4.Co/c2*1-12(2,10(16)3-6-15)9-11(17)13-14-4-7-18-8-5-14;/h2*3,6,15H,4-5,7-9H2,1-2H3,(H,13,17);/b2*6-3-;. The summed E-state index contributed by atoms with van der Waals surface area (Å²) in [7, 11) is 0. The fraction of sp³-hybridized carbons (Fsp3) is 0.667. The molecule has 37 heavy (non-hydrogen) atoms. The zero-order valence-electron chi connectivity index (χ0n) is 22.0. The maximum Gasteiger partial charge on any atom is 0.235 e. The van der Waals surface area contributed by atoms with Crippen molar-refractivity contribution in [1.82, 2.24) is 20.9 Å². The number of hydrazine groups is 2. The molecule has 1 radical (unpaired) electrons. The average molecular weight is 572 g/mol. The van der Waals surface area contributed by atoms with Gasteiger partial charge in [-0.25, -0.2) is 10.0 Å². The van der Waals surface area contributed by atoms with E-state index < -0.39 is 10.8 Å². The van der Waals surface area contributed by atoms with Crippen molar-refractivity contribution in [3.63, 3.8) is 0 Å². The second kappa shape index (κ2) is 17.3. The third-order valence-electron chi connectivity index (χ3n) is 5.58. The summed E-state index contributed by atoms with van der Waals surface area (Å²) < 4.78 is 10.3. The molecule has 0 atom stereocenters. The summed E-state index contributed by atoms with van der Waals surface area (Å²) >= 11 is 0. The molecule has 4 N–H and O–H groups in total. The summed E-state index contributed by atoms with van der Waals surface area (Å²) in [5, 5.41) is 20.7. The molecule has 12 nitrogen and oxygen atoms in total. The molecular formula is C24H40CoN4O8. The quantitative estimate of drug-likeness (QED) is 0.219. The first-order chi connectivity index (χ1) is 16.9. The number of carbonyl (C=O) groups is 4. The van der Waals surface area contributed by atoms with E-state index in [9.17, 15) is 19.2 Å². The number of allylic oxidation sites excluding steroid dienone is 2. The SMILES string of the molecule is CC(C)(CC(=O)NN1CCOCC1)C(=O)/C=C\O.CC(C)(CC(=O)NN1CCOCC1)C(=O)/C=C\O.[Co]. The summed E-state index contributed by atoms with van der Waals surface area (Å²) in [6.07, 6.45) is 3.69. The maximum absolute atomic E-state index is 11.8. The molecule has 0 unspecified atom stereocenters. The van der Waals surface area contributed by atoms with Crippen molar-refractivity contribution in [2.75, 3.05) is 52.6 Å². The Morgan fingerprint density at radius 2 is 1.00 bits per heavy atom.